The number of amides is 1. The molecular formula is C22H27NO3. The zero-order valence-electron chi connectivity index (χ0n) is 16.1. The van der Waals surface area contributed by atoms with E-state index in [-0.39, 0.29) is 12.0 Å². The maximum absolute atomic E-state index is 12.1. The van der Waals surface area contributed by atoms with Gasteiger partial charge in [-0.1, -0.05) is 32.0 Å². The van der Waals surface area contributed by atoms with Crippen LogP contribution in [-0.2, 0) is 4.79 Å². The third-order valence-corrected chi connectivity index (χ3v) is 3.82. The molecular weight excluding hydrogens is 326 g/mol. The summed E-state index contributed by atoms with van der Waals surface area (Å²) in [7, 11) is 1.60. The first-order valence-corrected chi connectivity index (χ1v) is 8.82. The fourth-order valence-corrected chi connectivity index (χ4v) is 2.45. The fraction of sp³-hybridized carbons (Fsp3) is 0.318. The molecule has 0 aliphatic carbocycles. The number of anilines is 1. The highest BCUT2D eigenvalue weighted by atomic mass is 16.5. The molecule has 2 aromatic carbocycles. The highest BCUT2D eigenvalue weighted by molar-refractivity contribution is 6.01. The number of rotatable bonds is 7. The first kappa shape index (κ1) is 19.6. The maximum Gasteiger partial charge on any atom is 0.248 e. The topological polar surface area (TPSA) is 47.6 Å². The van der Waals surface area contributed by atoms with E-state index >= 15 is 0 Å². The number of carbonyl (C=O) groups excluding carboxylic acids is 1. The minimum absolute atomic E-state index is 0.0677. The van der Waals surface area contributed by atoms with E-state index in [1.54, 1.807) is 13.2 Å². The normalized spacial score (nSPS) is 11.2. The molecule has 0 heterocycles. The van der Waals surface area contributed by atoms with Gasteiger partial charge in [-0.2, -0.15) is 0 Å². The summed E-state index contributed by atoms with van der Waals surface area (Å²) < 4.78 is 11.1. The molecule has 0 unspecified atom stereocenters. The van der Waals surface area contributed by atoms with Gasteiger partial charge in [-0.15, -0.1) is 0 Å². The van der Waals surface area contributed by atoms with Crippen molar-refractivity contribution in [3.8, 4) is 11.5 Å². The van der Waals surface area contributed by atoms with Gasteiger partial charge in [-0.25, -0.2) is 0 Å². The van der Waals surface area contributed by atoms with Gasteiger partial charge in [0.25, 0.3) is 0 Å². The standard InChI is InChI=1S/C22H27NO3/c1-15(2)18-8-10-19(11-9-18)23-22(24)13-7-17-6-12-20(26-16(3)4)21(14-17)25-5/h6-16H,1-5H3,(H,23,24)/b13-7+. The van der Waals surface area contributed by atoms with Crippen molar-refractivity contribution < 1.29 is 14.3 Å². The smallest absolute Gasteiger partial charge is 0.248 e. The van der Waals surface area contributed by atoms with Crippen LogP contribution in [0.15, 0.2) is 48.5 Å². The molecule has 0 radical (unpaired) electrons. The maximum atomic E-state index is 12.1. The minimum atomic E-state index is -0.177. The van der Waals surface area contributed by atoms with Gasteiger partial charge in [-0.3, -0.25) is 4.79 Å². The largest absolute Gasteiger partial charge is 0.493 e. The van der Waals surface area contributed by atoms with Gasteiger partial charge in [0.05, 0.1) is 13.2 Å². The van der Waals surface area contributed by atoms with E-state index in [0.717, 1.165) is 11.3 Å². The van der Waals surface area contributed by atoms with Crippen molar-refractivity contribution in [3.63, 3.8) is 0 Å². The molecule has 0 aliphatic heterocycles. The molecule has 1 N–H and O–H groups in total. The Morgan fingerprint density at radius 1 is 1.00 bits per heavy atom. The van der Waals surface area contributed by atoms with E-state index in [1.165, 1.54) is 11.6 Å². The summed E-state index contributed by atoms with van der Waals surface area (Å²) in [6, 6.07) is 13.5. The molecule has 26 heavy (non-hydrogen) atoms. The van der Waals surface area contributed by atoms with Gasteiger partial charge in [0.2, 0.25) is 5.91 Å². The van der Waals surface area contributed by atoms with Crippen LogP contribution in [0.5, 0.6) is 11.5 Å². The van der Waals surface area contributed by atoms with Crippen molar-refractivity contribution in [2.45, 2.75) is 39.7 Å². The van der Waals surface area contributed by atoms with Crippen molar-refractivity contribution in [2.75, 3.05) is 12.4 Å². The first-order valence-electron chi connectivity index (χ1n) is 8.82. The van der Waals surface area contributed by atoms with Crippen LogP contribution in [0, 0.1) is 0 Å². The number of hydrogen-bond donors (Lipinski definition) is 1. The molecule has 0 fully saturated rings. The summed E-state index contributed by atoms with van der Waals surface area (Å²) >= 11 is 0. The lowest BCUT2D eigenvalue weighted by Crippen LogP contribution is -2.08. The Balaban J connectivity index is 2.03. The van der Waals surface area contributed by atoms with Crippen LogP contribution in [0.2, 0.25) is 0 Å². The summed E-state index contributed by atoms with van der Waals surface area (Å²) in [5.41, 5.74) is 2.89. The average molecular weight is 353 g/mol. The summed E-state index contributed by atoms with van der Waals surface area (Å²) in [4.78, 5) is 12.1. The molecule has 0 aromatic heterocycles. The summed E-state index contributed by atoms with van der Waals surface area (Å²) in [6.45, 7) is 8.21. The van der Waals surface area contributed by atoms with Gasteiger partial charge in [-0.05, 0) is 61.2 Å². The highest BCUT2D eigenvalue weighted by Crippen LogP contribution is 2.29. The minimum Gasteiger partial charge on any atom is -0.493 e. The number of carbonyl (C=O) groups is 1. The molecule has 4 nitrogen and oxygen atoms in total. The molecule has 1 amide bonds. The van der Waals surface area contributed by atoms with E-state index in [1.807, 2.05) is 56.3 Å². The second kappa shape index (κ2) is 9.09. The van der Waals surface area contributed by atoms with Crippen molar-refractivity contribution in [1.82, 2.24) is 0 Å². The van der Waals surface area contributed by atoms with Gasteiger partial charge in [0.15, 0.2) is 11.5 Å². The summed E-state index contributed by atoms with van der Waals surface area (Å²) in [5.74, 6) is 1.63. The molecule has 0 aliphatic rings. The average Bonchev–Trinajstić information content (AvgIpc) is 2.60. The second-order valence-corrected chi connectivity index (χ2v) is 6.68. The molecule has 4 heteroatoms. The van der Waals surface area contributed by atoms with Crippen LogP contribution in [0.3, 0.4) is 0 Å². The first-order chi connectivity index (χ1) is 12.4. The Morgan fingerprint density at radius 3 is 2.27 bits per heavy atom. The van der Waals surface area contributed by atoms with Crippen LogP contribution < -0.4 is 14.8 Å². The Bertz CT molecular complexity index is 761. The third kappa shape index (κ3) is 5.66. The van der Waals surface area contributed by atoms with E-state index in [4.69, 9.17) is 9.47 Å². The number of ether oxygens (including phenoxy) is 2. The van der Waals surface area contributed by atoms with Gasteiger partial charge >= 0.3 is 0 Å². The van der Waals surface area contributed by atoms with Crippen molar-refractivity contribution in [3.05, 3.63) is 59.7 Å². The van der Waals surface area contributed by atoms with Crippen molar-refractivity contribution in [1.29, 1.82) is 0 Å². The molecule has 0 spiro atoms. The molecule has 138 valence electrons. The fourth-order valence-electron chi connectivity index (χ4n) is 2.45. The van der Waals surface area contributed by atoms with Crippen molar-refractivity contribution >= 4 is 17.7 Å². The quantitative estimate of drug-likeness (QED) is 0.691. The second-order valence-electron chi connectivity index (χ2n) is 6.68. The predicted octanol–water partition coefficient (Wildman–Crippen LogP) is 5.26. The van der Waals surface area contributed by atoms with Crippen LogP contribution in [-0.4, -0.2) is 19.1 Å². The van der Waals surface area contributed by atoms with E-state index in [0.29, 0.717) is 17.4 Å². The van der Waals surface area contributed by atoms with Gasteiger partial charge < -0.3 is 14.8 Å². The van der Waals surface area contributed by atoms with Gasteiger partial charge in [0, 0.05) is 11.8 Å². The molecule has 2 aromatic rings. The molecule has 0 atom stereocenters. The molecule has 0 saturated heterocycles. The highest BCUT2D eigenvalue weighted by Gasteiger charge is 2.07. The molecule has 0 bridgehead atoms. The van der Waals surface area contributed by atoms with Gasteiger partial charge in [0.1, 0.15) is 0 Å². The number of methoxy groups -OCH3 is 1. The van der Waals surface area contributed by atoms with E-state index < -0.39 is 0 Å². The third-order valence-electron chi connectivity index (χ3n) is 3.82. The van der Waals surface area contributed by atoms with E-state index in [2.05, 4.69) is 19.2 Å². The predicted molar refractivity (Wildman–Crippen MR) is 107 cm³/mol. The zero-order chi connectivity index (χ0) is 19.1. The molecule has 2 rings (SSSR count). The lowest BCUT2D eigenvalue weighted by Gasteiger charge is -2.13. The lowest BCUT2D eigenvalue weighted by atomic mass is 10.0. The van der Waals surface area contributed by atoms with Crippen LogP contribution in [0.25, 0.3) is 6.08 Å². The number of benzene rings is 2. The molecule has 0 saturated carbocycles. The summed E-state index contributed by atoms with van der Waals surface area (Å²) in [6.07, 6.45) is 3.33. The Kier molecular flexibility index (Phi) is 6.84. The van der Waals surface area contributed by atoms with Crippen LogP contribution in [0.4, 0.5) is 5.69 Å². The summed E-state index contributed by atoms with van der Waals surface area (Å²) in [5, 5.41) is 2.86. The van der Waals surface area contributed by atoms with Crippen LogP contribution in [0.1, 0.15) is 44.7 Å². The number of hydrogen-bond acceptors (Lipinski definition) is 3. The number of nitrogens with one attached hydrogen (secondary N) is 1. The Hall–Kier alpha value is -2.75. The Labute approximate surface area is 155 Å². The van der Waals surface area contributed by atoms with Crippen molar-refractivity contribution in [2.24, 2.45) is 0 Å². The van der Waals surface area contributed by atoms with Crippen LogP contribution >= 0.6 is 0 Å². The zero-order valence-corrected chi connectivity index (χ0v) is 16.1. The van der Waals surface area contributed by atoms with E-state index in [9.17, 15) is 4.79 Å². The lowest BCUT2D eigenvalue weighted by molar-refractivity contribution is -0.111. The Morgan fingerprint density at radius 2 is 1.69 bits per heavy atom. The SMILES string of the molecule is COc1cc(/C=C/C(=O)Nc2ccc(C(C)C)cc2)ccc1OC(C)C. The monoisotopic (exact) mass is 353 g/mol.